The van der Waals surface area contributed by atoms with Gasteiger partial charge in [-0.15, -0.1) is 0 Å². The Morgan fingerprint density at radius 2 is 1.81 bits per heavy atom. The van der Waals surface area contributed by atoms with Crippen LogP contribution < -0.4 is 0 Å². The first-order valence-electron chi connectivity index (χ1n) is 6.21. The number of thioether (sulfide) groups is 1. The van der Waals surface area contributed by atoms with Crippen LogP contribution in [-0.4, -0.2) is 16.0 Å². The van der Waals surface area contributed by atoms with Crippen molar-refractivity contribution in [3.8, 4) is 0 Å². The topological polar surface area (TPSA) is 80.4 Å². The van der Waals surface area contributed by atoms with Gasteiger partial charge in [-0.3, -0.25) is 10.1 Å². The third kappa shape index (κ3) is 3.82. The fourth-order valence-electron chi connectivity index (χ4n) is 1.96. The number of benzene rings is 2. The Labute approximate surface area is 125 Å². The predicted molar refractivity (Wildman–Crippen MR) is 81.5 cm³/mol. The molecule has 108 valence electrons. The van der Waals surface area contributed by atoms with E-state index in [1.54, 1.807) is 6.07 Å². The van der Waals surface area contributed by atoms with Crippen molar-refractivity contribution in [2.45, 2.75) is 11.5 Å². The number of hydrogen-bond acceptors (Lipinski definition) is 4. The molecule has 2 rings (SSSR count). The molecule has 1 N–H and O–H groups in total. The molecule has 0 aliphatic rings. The van der Waals surface area contributed by atoms with E-state index in [2.05, 4.69) is 0 Å². The van der Waals surface area contributed by atoms with Gasteiger partial charge in [0.2, 0.25) is 0 Å². The van der Waals surface area contributed by atoms with Crippen molar-refractivity contribution in [3.63, 3.8) is 0 Å². The molecule has 0 saturated heterocycles. The molecule has 5 nitrogen and oxygen atoms in total. The van der Waals surface area contributed by atoms with E-state index in [4.69, 9.17) is 0 Å². The zero-order valence-corrected chi connectivity index (χ0v) is 11.9. The van der Waals surface area contributed by atoms with E-state index in [1.807, 2.05) is 30.3 Å². The number of carbonyl (C=O) groups is 1. The Kier molecular flexibility index (Phi) is 4.94. The molecule has 0 aromatic heterocycles. The minimum atomic E-state index is -1.27. The lowest BCUT2D eigenvalue weighted by atomic mass is 10.1. The minimum absolute atomic E-state index is 0.219. The molecule has 2 aromatic carbocycles. The highest BCUT2D eigenvalue weighted by atomic mass is 32.2. The summed E-state index contributed by atoms with van der Waals surface area (Å²) in [7, 11) is 0. The summed E-state index contributed by atoms with van der Waals surface area (Å²) in [6.45, 7) is 0. The molecule has 0 fully saturated rings. The first kappa shape index (κ1) is 15.1. The molecule has 0 spiro atoms. The largest absolute Gasteiger partial charge is 0.477 e. The van der Waals surface area contributed by atoms with Crippen molar-refractivity contribution in [1.29, 1.82) is 0 Å². The first-order chi connectivity index (χ1) is 10.1. The molecule has 2 aromatic rings. The van der Waals surface area contributed by atoms with Crippen LogP contribution in [0, 0.1) is 10.1 Å². The van der Waals surface area contributed by atoms with E-state index in [-0.39, 0.29) is 11.3 Å². The highest BCUT2D eigenvalue weighted by molar-refractivity contribution is 7.97. The molecule has 0 unspecified atom stereocenters. The van der Waals surface area contributed by atoms with Gasteiger partial charge in [-0.2, -0.15) is 11.8 Å². The van der Waals surface area contributed by atoms with Gasteiger partial charge in [-0.25, -0.2) is 4.79 Å². The lowest BCUT2D eigenvalue weighted by molar-refractivity contribution is -0.385. The number of carboxylic acid groups (broad SMARTS) is 1. The predicted octanol–water partition coefficient (Wildman–Crippen LogP) is 3.73. The molecule has 0 amide bonds. The number of nitro benzene ring substituents is 1. The maximum absolute atomic E-state index is 11.3. The minimum Gasteiger partial charge on any atom is -0.477 e. The Morgan fingerprint density at radius 3 is 2.43 bits per heavy atom. The van der Waals surface area contributed by atoms with Gasteiger partial charge in [-0.05, 0) is 11.1 Å². The summed E-state index contributed by atoms with van der Waals surface area (Å²) < 4.78 is 0. The molecule has 6 heteroatoms. The Hall–Kier alpha value is -2.34. The van der Waals surface area contributed by atoms with E-state index >= 15 is 0 Å². The molecular formula is C15H13NO4S. The first-order valence-corrected chi connectivity index (χ1v) is 7.36. The van der Waals surface area contributed by atoms with Crippen molar-refractivity contribution in [2.24, 2.45) is 0 Å². The second kappa shape index (κ2) is 6.90. The van der Waals surface area contributed by atoms with Gasteiger partial charge in [-0.1, -0.05) is 42.5 Å². The van der Waals surface area contributed by atoms with Gasteiger partial charge in [0, 0.05) is 17.6 Å². The van der Waals surface area contributed by atoms with Crippen molar-refractivity contribution in [2.75, 3.05) is 0 Å². The lowest BCUT2D eigenvalue weighted by Crippen LogP contribution is -2.06. The summed E-state index contributed by atoms with van der Waals surface area (Å²) in [5, 5.41) is 20.1. The molecule has 0 bridgehead atoms. The van der Waals surface area contributed by atoms with Crippen LogP contribution in [0.25, 0.3) is 0 Å². The molecule has 0 heterocycles. The zero-order valence-electron chi connectivity index (χ0n) is 11.1. The second-order valence-corrected chi connectivity index (χ2v) is 5.34. The van der Waals surface area contributed by atoms with E-state index in [9.17, 15) is 20.0 Å². The monoisotopic (exact) mass is 303 g/mol. The summed E-state index contributed by atoms with van der Waals surface area (Å²) in [5.74, 6) is -0.126. The third-order valence-electron chi connectivity index (χ3n) is 2.91. The second-order valence-electron chi connectivity index (χ2n) is 4.35. The van der Waals surface area contributed by atoms with E-state index in [1.165, 1.54) is 23.9 Å². The van der Waals surface area contributed by atoms with Crippen LogP contribution in [0.15, 0.2) is 48.5 Å². The number of nitrogens with zero attached hydrogens (tertiary/aromatic N) is 1. The van der Waals surface area contributed by atoms with Crippen LogP contribution in [0.5, 0.6) is 0 Å². The summed E-state index contributed by atoms with van der Waals surface area (Å²) in [5.41, 5.74) is 1.02. The normalized spacial score (nSPS) is 10.3. The van der Waals surface area contributed by atoms with Gasteiger partial charge in [0.25, 0.3) is 5.69 Å². The zero-order chi connectivity index (χ0) is 15.2. The van der Waals surface area contributed by atoms with Crippen molar-refractivity contribution >= 4 is 23.4 Å². The van der Waals surface area contributed by atoms with Gasteiger partial charge in [0.1, 0.15) is 5.56 Å². The number of hydrogen-bond donors (Lipinski definition) is 1. The lowest BCUT2D eigenvalue weighted by Gasteiger charge is -2.06. The van der Waals surface area contributed by atoms with Crippen LogP contribution in [0.3, 0.4) is 0 Å². The van der Waals surface area contributed by atoms with Crippen LogP contribution >= 0.6 is 11.8 Å². The fourth-order valence-corrected chi connectivity index (χ4v) is 2.95. The quantitative estimate of drug-likeness (QED) is 0.649. The molecule has 0 aliphatic carbocycles. The molecule has 0 radical (unpaired) electrons. The van der Waals surface area contributed by atoms with Crippen LogP contribution in [0.1, 0.15) is 21.5 Å². The number of nitro groups is 1. The van der Waals surface area contributed by atoms with Crippen molar-refractivity contribution < 1.29 is 14.8 Å². The van der Waals surface area contributed by atoms with Crippen molar-refractivity contribution in [1.82, 2.24) is 0 Å². The molecule has 0 saturated carbocycles. The molecule has 0 aliphatic heterocycles. The highest BCUT2D eigenvalue weighted by Gasteiger charge is 2.23. The highest BCUT2D eigenvalue weighted by Crippen LogP contribution is 2.26. The summed E-state index contributed by atoms with van der Waals surface area (Å²) in [4.78, 5) is 21.5. The maximum atomic E-state index is 11.3. The maximum Gasteiger partial charge on any atom is 0.343 e. The Morgan fingerprint density at radius 1 is 1.10 bits per heavy atom. The van der Waals surface area contributed by atoms with E-state index in [0.29, 0.717) is 11.3 Å². The van der Waals surface area contributed by atoms with E-state index < -0.39 is 10.9 Å². The van der Waals surface area contributed by atoms with Gasteiger partial charge in [0.15, 0.2) is 0 Å². The number of carboxylic acids is 1. The molecular weight excluding hydrogens is 290 g/mol. The Bertz CT molecular complexity index is 658. The number of aromatic carboxylic acids is 1. The van der Waals surface area contributed by atoms with Crippen molar-refractivity contribution in [3.05, 3.63) is 75.3 Å². The third-order valence-corrected chi connectivity index (χ3v) is 3.96. The standard InChI is InChI=1S/C15H13NO4S/c17-15(18)14-12(7-4-8-13(14)16(19)20)10-21-9-11-5-2-1-3-6-11/h1-8H,9-10H2,(H,17,18). The Balaban J connectivity index is 2.14. The van der Waals surface area contributed by atoms with Gasteiger partial charge < -0.3 is 5.11 Å². The number of rotatable bonds is 6. The van der Waals surface area contributed by atoms with E-state index in [0.717, 1.165) is 11.3 Å². The average Bonchev–Trinajstić information content (AvgIpc) is 2.47. The average molecular weight is 303 g/mol. The molecule has 0 atom stereocenters. The smallest absolute Gasteiger partial charge is 0.343 e. The van der Waals surface area contributed by atoms with Crippen LogP contribution in [0.4, 0.5) is 5.69 Å². The van der Waals surface area contributed by atoms with Gasteiger partial charge >= 0.3 is 5.97 Å². The van der Waals surface area contributed by atoms with Gasteiger partial charge in [0.05, 0.1) is 4.92 Å². The SMILES string of the molecule is O=C(O)c1c(CSCc2ccccc2)cccc1[N+](=O)[O-]. The summed E-state index contributed by atoms with van der Waals surface area (Å²) in [6.07, 6.45) is 0. The fraction of sp³-hybridized carbons (Fsp3) is 0.133. The molecule has 21 heavy (non-hydrogen) atoms. The summed E-state index contributed by atoms with van der Waals surface area (Å²) in [6, 6.07) is 14.1. The van der Waals surface area contributed by atoms with Crippen LogP contribution in [0.2, 0.25) is 0 Å². The van der Waals surface area contributed by atoms with Crippen LogP contribution in [-0.2, 0) is 11.5 Å². The summed E-state index contributed by atoms with van der Waals surface area (Å²) >= 11 is 1.53.